The normalized spacial score (nSPS) is 12.1. The average Bonchev–Trinajstić information content (AvgIpc) is 2.73. The van der Waals surface area contributed by atoms with Gasteiger partial charge in [-0.15, -0.1) is 0 Å². The van der Waals surface area contributed by atoms with E-state index in [1.165, 1.54) is 0 Å². The van der Waals surface area contributed by atoms with Crippen LogP contribution in [0.25, 0.3) is 0 Å². The van der Waals surface area contributed by atoms with Crippen LogP contribution >= 0.6 is 15.9 Å². The fourth-order valence-electron chi connectivity index (χ4n) is 3.82. The van der Waals surface area contributed by atoms with E-state index in [4.69, 9.17) is 0 Å². The number of aryl methyl sites for hydroxylation is 3. The summed E-state index contributed by atoms with van der Waals surface area (Å²) in [6.45, 7) is 5.42. The van der Waals surface area contributed by atoms with Crippen LogP contribution in [0.1, 0.15) is 32.6 Å². The quantitative estimate of drug-likeness (QED) is 0.383. The number of aliphatic carboxylic acids is 1. The van der Waals surface area contributed by atoms with Gasteiger partial charge in [0.1, 0.15) is 6.04 Å². The number of sulfonamides is 1. The molecule has 1 amide bonds. The lowest BCUT2D eigenvalue weighted by Gasteiger charge is -2.16. The van der Waals surface area contributed by atoms with E-state index >= 15 is 0 Å². The summed E-state index contributed by atoms with van der Waals surface area (Å²) in [4.78, 5) is 24.5. The second kappa shape index (κ2) is 10.4. The minimum Gasteiger partial charge on any atom is -0.480 e. The number of halogens is 1. The number of carbonyl (C=O) groups excluding carboxylic acids is 1. The van der Waals surface area contributed by atoms with Crippen molar-refractivity contribution in [2.24, 2.45) is 0 Å². The first-order chi connectivity index (χ1) is 16.0. The number of carboxylic acid groups (broad SMARTS) is 1. The van der Waals surface area contributed by atoms with Crippen LogP contribution in [0, 0.1) is 20.8 Å². The second-order valence-corrected chi connectivity index (χ2v) is 10.6. The summed E-state index contributed by atoms with van der Waals surface area (Å²) in [5.74, 6) is -1.68. The number of benzene rings is 3. The van der Waals surface area contributed by atoms with Gasteiger partial charge in [-0.25, -0.2) is 13.2 Å². The van der Waals surface area contributed by atoms with E-state index in [-0.39, 0.29) is 11.3 Å². The molecule has 3 rings (SSSR count). The lowest BCUT2D eigenvalue weighted by atomic mass is 10.0. The molecule has 1 atom stereocenters. The first-order valence-electron chi connectivity index (χ1n) is 10.5. The number of hydrogen-bond donors (Lipinski definition) is 3. The van der Waals surface area contributed by atoms with Crippen LogP contribution in [-0.4, -0.2) is 31.4 Å². The molecule has 1 unspecified atom stereocenters. The maximum atomic E-state index is 12.9. The van der Waals surface area contributed by atoms with Gasteiger partial charge in [0, 0.05) is 16.6 Å². The monoisotopic (exact) mass is 544 g/mol. The van der Waals surface area contributed by atoms with Gasteiger partial charge in [0.15, 0.2) is 0 Å². The van der Waals surface area contributed by atoms with E-state index in [9.17, 15) is 23.1 Å². The van der Waals surface area contributed by atoms with Gasteiger partial charge in [0.05, 0.1) is 10.5 Å². The Balaban J connectivity index is 1.74. The van der Waals surface area contributed by atoms with Gasteiger partial charge >= 0.3 is 5.97 Å². The Morgan fingerprint density at radius 1 is 0.971 bits per heavy atom. The molecule has 0 radical (unpaired) electrons. The largest absolute Gasteiger partial charge is 0.480 e. The first kappa shape index (κ1) is 25.5. The van der Waals surface area contributed by atoms with E-state index in [2.05, 4.69) is 26.0 Å². The molecule has 0 aliphatic rings. The Morgan fingerprint density at radius 3 is 2.12 bits per heavy atom. The summed E-state index contributed by atoms with van der Waals surface area (Å²) in [5, 5.41) is 12.1. The van der Waals surface area contributed by atoms with Crippen LogP contribution in [0.15, 0.2) is 70.0 Å². The number of hydrogen-bond acceptors (Lipinski definition) is 4. The van der Waals surface area contributed by atoms with Gasteiger partial charge in [-0.3, -0.25) is 9.52 Å². The molecule has 0 aliphatic carbocycles. The number of anilines is 1. The highest BCUT2D eigenvalue weighted by molar-refractivity contribution is 9.10. The van der Waals surface area contributed by atoms with Crippen LogP contribution in [0.5, 0.6) is 0 Å². The van der Waals surface area contributed by atoms with Gasteiger partial charge in [0.25, 0.3) is 15.9 Å². The maximum Gasteiger partial charge on any atom is 0.326 e. The van der Waals surface area contributed by atoms with Crippen molar-refractivity contribution in [3.05, 3.63) is 93.0 Å². The lowest BCUT2D eigenvalue weighted by Crippen LogP contribution is -2.42. The number of amides is 1. The molecule has 3 N–H and O–H groups in total. The smallest absolute Gasteiger partial charge is 0.326 e. The van der Waals surface area contributed by atoms with Crippen LogP contribution in [0.2, 0.25) is 0 Å². The summed E-state index contributed by atoms with van der Waals surface area (Å²) in [6.07, 6.45) is 0.0364. The molecule has 0 saturated carbocycles. The first-order valence-corrected chi connectivity index (χ1v) is 12.7. The predicted molar refractivity (Wildman–Crippen MR) is 135 cm³/mol. The SMILES string of the molecule is Cc1cc(C)c(S(=O)(=O)Nc2ccc(CC(NC(=O)c3ccccc3Br)C(=O)O)cc2)c(C)c1. The third-order valence-corrected chi connectivity index (χ3v) is 7.62. The molecule has 9 heteroatoms. The standard InChI is InChI=1S/C25H25BrN2O5S/c1-15-12-16(2)23(17(3)13-15)34(32,33)28-19-10-8-18(9-11-19)14-22(25(30)31)27-24(29)20-6-4-5-7-21(20)26/h4-13,22,28H,14H2,1-3H3,(H,27,29)(H,30,31). The Bertz CT molecular complexity index is 1310. The van der Waals surface area contributed by atoms with Crippen LogP contribution < -0.4 is 10.0 Å². The number of rotatable bonds is 8. The van der Waals surface area contributed by atoms with E-state index in [0.29, 0.717) is 32.4 Å². The highest BCUT2D eigenvalue weighted by Gasteiger charge is 2.23. The van der Waals surface area contributed by atoms with Gasteiger partial charge in [-0.2, -0.15) is 0 Å². The molecule has 0 saturated heterocycles. The van der Waals surface area contributed by atoms with Gasteiger partial charge in [0.2, 0.25) is 0 Å². The van der Waals surface area contributed by atoms with E-state index in [1.54, 1.807) is 62.4 Å². The molecule has 0 spiro atoms. The Labute approximate surface area is 207 Å². The van der Waals surface area contributed by atoms with E-state index < -0.39 is 27.9 Å². The summed E-state index contributed by atoms with van der Waals surface area (Å²) in [6, 6.07) is 15.6. The van der Waals surface area contributed by atoms with Crippen molar-refractivity contribution < 1.29 is 23.1 Å². The summed E-state index contributed by atoms with van der Waals surface area (Å²) < 4.78 is 29.0. The van der Waals surface area contributed by atoms with Crippen LogP contribution in [0.3, 0.4) is 0 Å². The van der Waals surface area contributed by atoms with Crippen molar-refractivity contribution in [3.63, 3.8) is 0 Å². The number of carboxylic acids is 1. The van der Waals surface area contributed by atoms with Crippen LogP contribution in [-0.2, 0) is 21.2 Å². The van der Waals surface area contributed by atoms with E-state index in [1.807, 2.05) is 19.1 Å². The fraction of sp³-hybridized carbons (Fsp3) is 0.200. The van der Waals surface area contributed by atoms with Crippen molar-refractivity contribution in [2.75, 3.05) is 4.72 Å². The minimum absolute atomic E-state index is 0.0364. The summed E-state index contributed by atoms with van der Waals surface area (Å²) in [7, 11) is -3.80. The van der Waals surface area contributed by atoms with Gasteiger partial charge in [-0.1, -0.05) is 42.0 Å². The van der Waals surface area contributed by atoms with Crippen molar-refractivity contribution in [1.29, 1.82) is 0 Å². The second-order valence-electron chi connectivity index (χ2n) is 8.08. The molecule has 0 aliphatic heterocycles. The summed E-state index contributed by atoms with van der Waals surface area (Å²) in [5.41, 5.74) is 3.62. The number of carbonyl (C=O) groups is 2. The number of nitrogens with one attached hydrogen (secondary N) is 2. The molecule has 0 aromatic heterocycles. The zero-order chi connectivity index (χ0) is 25.0. The maximum absolute atomic E-state index is 12.9. The zero-order valence-corrected chi connectivity index (χ0v) is 21.3. The van der Waals surface area contributed by atoms with Crippen molar-refractivity contribution in [2.45, 2.75) is 38.1 Å². The Kier molecular flexibility index (Phi) is 7.78. The van der Waals surface area contributed by atoms with Gasteiger partial charge < -0.3 is 10.4 Å². The lowest BCUT2D eigenvalue weighted by molar-refractivity contribution is -0.139. The van der Waals surface area contributed by atoms with Crippen molar-refractivity contribution >= 4 is 43.5 Å². The van der Waals surface area contributed by atoms with Gasteiger partial charge in [-0.05, 0) is 77.7 Å². The zero-order valence-electron chi connectivity index (χ0n) is 18.9. The molecular formula is C25H25BrN2O5S. The topological polar surface area (TPSA) is 113 Å². The third-order valence-electron chi connectivity index (χ3n) is 5.24. The molecule has 0 fully saturated rings. The Morgan fingerprint density at radius 2 is 1.56 bits per heavy atom. The molecule has 3 aromatic rings. The summed E-state index contributed by atoms with van der Waals surface area (Å²) >= 11 is 3.29. The average molecular weight is 545 g/mol. The molecule has 7 nitrogen and oxygen atoms in total. The van der Waals surface area contributed by atoms with E-state index in [0.717, 1.165) is 5.56 Å². The third kappa shape index (κ3) is 6.03. The predicted octanol–water partition coefficient (Wildman–Crippen LogP) is 4.60. The fourth-order valence-corrected chi connectivity index (χ4v) is 5.80. The molecule has 0 heterocycles. The minimum atomic E-state index is -3.80. The molecule has 3 aromatic carbocycles. The molecular weight excluding hydrogens is 520 g/mol. The van der Waals surface area contributed by atoms with Crippen molar-refractivity contribution in [1.82, 2.24) is 5.32 Å². The highest BCUT2D eigenvalue weighted by Crippen LogP contribution is 2.25. The molecule has 0 bridgehead atoms. The molecule has 34 heavy (non-hydrogen) atoms. The molecule has 178 valence electrons. The van der Waals surface area contributed by atoms with Crippen molar-refractivity contribution in [3.8, 4) is 0 Å². The Hall–Kier alpha value is -3.17. The van der Waals surface area contributed by atoms with Crippen LogP contribution in [0.4, 0.5) is 5.69 Å². The highest BCUT2D eigenvalue weighted by atomic mass is 79.9.